The van der Waals surface area contributed by atoms with Crippen molar-refractivity contribution in [1.82, 2.24) is 0 Å². The maximum Gasteiger partial charge on any atom is 0.134 e. The van der Waals surface area contributed by atoms with Crippen LogP contribution in [0.15, 0.2) is 28.7 Å². The number of carbonyl (C=O) groups is 1. The Labute approximate surface area is 76.2 Å². The fourth-order valence-electron chi connectivity index (χ4n) is 1.45. The van der Waals surface area contributed by atoms with Gasteiger partial charge in [-0.3, -0.25) is 0 Å². The van der Waals surface area contributed by atoms with E-state index in [0.717, 1.165) is 28.6 Å². The van der Waals surface area contributed by atoms with Crippen LogP contribution >= 0.6 is 0 Å². The first kappa shape index (κ1) is 8.05. The first-order valence-electron chi connectivity index (χ1n) is 4.22. The first-order chi connectivity index (χ1) is 6.29. The molecule has 13 heavy (non-hydrogen) atoms. The molecule has 0 atom stereocenters. The highest BCUT2D eigenvalue weighted by atomic mass is 16.3. The third kappa shape index (κ3) is 1.47. The maximum absolute atomic E-state index is 10.3. The van der Waals surface area contributed by atoms with Gasteiger partial charge in [0.1, 0.15) is 17.6 Å². The van der Waals surface area contributed by atoms with Gasteiger partial charge in [0.25, 0.3) is 0 Å². The van der Waals surface area contributed by atoms with E-state index < -0.39 is 0 Å². The summed E-state index contributed by atoms with van der Waals surface area (Å²) in [5.41, 5.74) is 1.91. The van der Waals surface area contributed by atoms with Crippen molar-refractivity contribution >= 4 is 17.3 Å². The minimum Gasteiger partial charge on any atom is -0.461 e. The second kappa shape index (κ2) is 3.05. The molecule has 66 valence electrons. The van der Waals surface area contributed by atoms with Crippen molar-refractivity contribution in [2.45, 2.75) is 13.3 Å². The number of benzene rings is 1. The van der Waals surface area contributed by atoms with Crippen molar-refractivity contribution in [3.05, 3.63) is 35.6 Å². The van der Waals surface area contributed by atoms with Gasteiger partial charge in [-0.15, -0.1) is 0 Å². The molecule has 0 unspecified atom stereocenters. The number of fused-ring (bicyclic) bond motifs is 1. The molecule has 1 aromatic carbocycles. The monoisotopic (exact) mass is 174 g/mol. The molecule has 0 amide bonds. The van der Waals surface area contributed by atoms with E-state index in [1.54, 1.807) is 0 Å². The standard InChI is InChI=1S/C11H10O2/c1-8-6-10-7-9(4-5-12)2-3-11(10)13-8/h2-3,5-7H,4H2,1H3. The third-order valence-corrected chi connectivity index (χ3v) is 2.02. The van der Waals surface area contributed by atoms with E-state index in [4.69, 9.17) is 4.42 Å². The maximum atomic E-state index is 10.3. The Morgan fingerprint density at radius 2 is 2.23 bits per heavy atom. The smallest absolute Gasteiger partial charge is 0.134 e. The Morgan fingerprint density at radius 3 is 3.00 bits per heavy atom. The molecule has 2 rings (SSSR count). The Bertz CT molecular complexity index is 440. The van der Waals surface area contributed by atoms with Gasteiger partial charge in [0.15, 0.2) is 0 Å². The minimum absolute atomic E-state index is 0.472. The van der Waals surface area contributed by atoms with E-state index >= 15 is 0 Å². The summed E-state index contributed by atoms with van der Waals surface area (Å²) in [6.45, 7) is 1.92. The van der Waals surface area contributed by atoms with Crippen molar-refractivity contribution in [3.63, 3.8) is 0 Å². The van der Waals surface area contributed by atoms with E-state index in [1.165, 1.54) is 0 Å². The Kier molecular flexibility index (Phi) is 1.89. The highest BCUT2D eigenvalue weighted by Crippen LogP contribution is 2.19. The highest BCUT2D eigenvalue weighted by Gasteiger charge is 2.00. The van der Waals surface area contributed by atoms with Crippen LogP contribution < -0.4 is 0 Å². The molecule has 0 N–H and O–H groups in total. The lowest BCUT2D eigenvalue weighted by atomic mass is 10.1. The molecule has 0 aliphatic heterocycles. The predicted octanol–water partition coefficient (Wildman–Crippen LogP) is 2.48. The Hall–Kier alpha value is -1.57. The molecule has 0 saturated carbocycles. The topological polar surface area (TPSA) is 30.2 Å². The molecule has 1 heterocycles. The van der Waals surface area contributed by atoms with Gasteiger partial charge < -0.3 is 9.21 Å². The molecule has 2 aromatic rings. The lowest BCUT2D eigenvalue weighted by molar-refractivity contribution is -0.107. The normalized spacial score (nSPS) is 10.5. The molecule has 0 aliphatic rings. The van der Waals surface area contributed by atoms with Crippen molar-refractivity contribution in [2.75, 3.05) is 0 Å². The quantitative estimate of drug-likeness (QED) is 0.655. The van der Waals surface area contributed by atoms with Crippen LogP contribution in [0.2, 0.25) is 0 Å². The average molecular weight is 174 g/mol. The van der Waals surface area contributed by atoms with Gasteiger partial charge in [0.05, 0.1) is 0 Å². The zero-order chi connectivity index (χ0) is 9.26. The van der Waals surface area contributed by atoms with Crippen LogP contribution in [0, 0.1) is 6.92 Å². The minimum atomic E-state index is 0.472. The van der Waals surface area contributed by atoms with Crippen LogP contribution in [-0.4, -0.2) is 6.29 Å². The first-order valence-corrected chi connectivity index (χ1v) is 4.22. The van der Waals surface area contributed by atoms with Crippen LogP contribution in [0.5, 0.6) is 0 Å². The Balaban J connectivity index is 2.54. The van der Waals surface area contributed by atoms with Crippen LogP contribution in [0.1, 0.15) is 11.3 Å². The molecule has 0 fully saturated rings. The van der Waals surface area contributed by atoms with Crippen LogP contribution in [-0.2, 0) is 11.2 Å². The van der Waals surface area contributed by atoms with Gasteiger partial charge in [-0.05, 0) is 30.7 Å². The second-order valence-electron chi connectivity index (χ2n) is 3.10. The zero-order valence-electron chi connectivity index (χ0n) is 7.41. The van der Waals surface area contributed by atoms with Gasteiger partial charge in [0.2, 0.25) is 0 Å². The van der Waals surface area contributed by atoms with E-state index in [9.17, 15) is 4.79 Å². The molecular weight excluding hydrogens is 164 g/mol. The number of carbonyl (C=O) groups excluding carboxylic acids is 1. The third-order valence-electron chi connectivity index (χ3n) is 2.02. The number of hydrogen-bond acceptors (Lipinski definition) is 2. The molecule has 0 aliphatic carbocycles. The summed E-state index contributed by atoms with van der Waals surface area (Å²) >= 11 is 0. The largest absolute Gasteiger partial charge is 0.461 e. The number of hydrogen-bond donors (Lipinski definition) is 0. The van der Waals surface area contributed by atoms with Crippen molar-refractivity contribution in [1.29, 1.82) is 0 Å². The molecule has 0 bridgehead atoms. The number of aldehydes is 1. The van der Waals surface area contributed by atoms with Gasteiger partial charge in [0, 0.05) is 11.8 Å². The molecule has 0 spiro atoms. The SMILES string of the molecule is Cc1cc2cc(CC=O)ccc2o1. The summed E-state index contributed by atoms with van der Waals surface area (Å²) in [6.07, 6.45) is 1.38. The van der Waals surface area contributed by atoms with Gasteiger partial charge >= 0.3 is 0 Å². The van der Waals surface area contributed by atoms with E-state index in [1.807, 2.05) is 31.2 Å². The summed E-state index contributed by atoms with van der Waals surface area (Å²) in [4.78, 5) is 10.3. The fourth-order valence-corrected chi connectivity index (χ4v) is 1.45. The van der Waals surface area contributed by atoms with Gasteiger partial charge in [-0.2, -0.15) is 0 Å². The Morgan fingerprint density at radius 1 is 1.38 bits per heavy atom. The predicted molar refractivity (Wildman–Crippen MR) is 50.7 cm³/mol. The number of rotatable bonds is 2. The second-order valence-corrected chi connectivity index (χ2v) is 3.10. The molecule has 1 aromatic heterocycles. The van der Waals surface area contributed by atoms with E-state index in [0.29, 0.717) is 6.42 Å². The number of furan rings is 1. The molecule has 2 heteroatoms. The summed E-state index contributed by atoms with van der Waals surface area (Å²) in [7, 11) is 0. The summed E-state index contributed by atoms with van der Waals surface area (Å²) in [5, 5.41) is 1.07. The zero-order valence-corrected chi connectivity index (χ0v) is 7.41. The molecule has 0 radical (unpaired) electrons. The van der Waals surface area contributed by atoms with Crippen LogP contribution in [0.25, 0.3) is 11.0 Å². The van der Waals surface area contributed by atoms with Gasteiger partial charge in [-0.1, -0.05) is 6.07 Å². The average Bonchev–Trinajstić information content (AvgIpc) is 2.44. The summed E-state index contributed by atoms with van der Waals surface area (Å²) in [5.74, 6) is 0.901. The van der Waals surface area contributed by atoms with Crippen molar-refractivity contribution in [2.24, 2.45) is 0 Å². The van der Waals surface area contributed by atoms with E-state index in [2.05, 4.69) is 0 Å². The molecular formula is C11H10O2. The van der Waals surface area contributed by atoms with E-state index in [-0.39, 0.29) is 0 Å². The number of aryl methyl sites for hydroxylation is 1. The molecule has 2 nitrogen and oxygen atoms in total. The van der Waals surface area contributed by atoms with Crippen LogP contribution in [0.4, 0.5) is 0 Å². The highest BCUT2D eigenvalue weighted by molar-refractivity contribution is 5.79. The summed E-state index contributed by atoms with van der Waals surface area (Å²) < 4.78 is 5.41. The lowest BCUT2D eigenvalue weighted by Crippen LogP contribution is -1.83. The van der Waals surface area contributed by atoms with Crippen molar-refractivity contribution in [3.8, 4) is 0 Å². The van der Waals surface area contributed by atoms with Crippen LogP contribution in [0.3, 0.4) is 0 Å². The fraction of sp³-hybridized carbons (Fsp3) is 0.182. The lowest BCUT2D eigenvalue weighted by Gasteiger charge is -1.93. The van der Waals surface area contributed by atoms with Crippen molar-refractivity contribution < 1.29 is 9.21 Å². The van der Waals surface area contributed by atoms with Gasteiger partial charge in [-0.25, -0.2) is 0 Å². The molecule has 0 saturated heterocycles. The summed E-state index contributed by atoms with van der Waals surface area (Å²) in [6, 6.07) is 7.78.